The lowest BCUT2D eigenvalue weighted by Crippen LogP contribution is -2.46. The van der Waals surface area contributed by atoms with Crippen molar-refractivity contribution in [2.75, 3.05) is 50.0 Å². The van der Waals surface area contributed by atoms with E-state index in [1.807, 2.05) is 12.1 Å². The van der Waals surface area contributed by atoms with Crippen LogP contribution in [0, 0.1) is 5.92 Å². The monoisotopic (exact) mass is 359 g/mol. The van der Waals surface area contributed by atoms with E-state index < -0.39 is 0 Å². The molecule has 3 aliphatic heterocycles. The Bertz CT molecular complexity index is 615. The van der Waals surface area contributed by atoms with Crippen molar-refractivity contribution in [2.24, 2.45) is 11.1 Å². The molecule has 4 rings (SSSR count). The van der Waals surface area contributed by atoms with Crippen LogP contribution >= 0.6 is 0 Å². The molecule has 3 aliphatic rings. The third-order valence-electron chi connectivity index (χ3n) is 5.48. The van der Waals surface area contributed by atoms with Gasteiger partial charge in [0.2, 0.25) is 5.90 Å². The van der Waals surface area contributed by atoms with Gasteiger partial charge >= 0.3 is 0 Å². The maximum atomic E-state index is 6.25. The molecule has 2 fully saturated rings. The summed E-state index contributed by atoms with van der Waals surface area (Å²) in [6, 6.07) is 3.88. The van der Waals surface area contributed by atoms with Crippen molar-refractivity contribution < 1.29 is 9.57 Å². The van der Waals surface area contributed by atoms with Gasteiger partial charge in [-0.15, -0.1) is 0 Å². The summed E-state index contributed by atoms with van der Waals surface area (Å²) in [5.74, 6) is 1.98. The van der Waals surface area contributed by atoms with E-state index in [1.54, 1.807) is 6.20 Å². The zero-order valence-electron chi connectivity index (χ0n) is 15.3. The van der Waals surface area contributed by atoms with Gasteiger partial charge in [0.25, 0.3) is 0 Å². The fraction of sp³-hybridized carbons (Fsp3) is 0.684. The zero-order valence-corrected chi connectivity index (χ0v) is 15.3. The van der Waals surface area contributed by atoms with Crippen molar-refractivity contribution in [3.8, 4) is 0 Å². The van der Waals surface area contributed by atoms with Crippen molar-refractivity contribution in [3.63, 3.8) is 0 Å². The Morgan fingerprint density at radius 1 is 1.12 bits per heavy atom. The first-order chi connectivity index (χ1) is 12.8. The van der Waals surface area contributed by atoms with Crippen LogP contribution < -0.4 is 10.6 Å². The Hall–Kier alpha value is -2.02. The average Bonchev–Trinajstić information content (AvgIpc) is 2.70. The van der Waals surface area contributed by atoms with Gasteiger partial charge in [-0.2, -0.15) is 0 Å². The number of nitrogens with two attached hydrogens (primary N) is 1. The number of anilines is 2. The van der Waals surface area contributed by atoms with Gasteiger partial charge in [0.1, 0.15) is 11.9 Å². The molecule has 4 heterocycles. The second-order valence-electron chi connectivity index (χ2n) is 7.56. The predicted octanol–water partition coefficient (Wildman–Crippen LogP) is 2.09. The number of piperidine rings is 2. The van der Waals surface area contributed by atoms with Crippen LogP contribution in [0.25, 0.3) is 0 Å². The minimum Gasteiger partial charge on any atom is -0.470 e. The third kappa shape index (κ3) is 4.20. The number of pyridine rings is 1. The number of nitrogens with zero attached hydrogens (tertiary/aromatic N) is 4. The van der Waals surface area contributed by atoms with Crippen LogP contribution in [0.3, 0.4) is 0 Å². The average molecular weight is 359 g/mol. The minimum absolute atomic E-state index is 0.0885. The Morgan fingerprint density at radius 2 is 2.00 bits per heavy atom. The maximum Gasteiger partial charge on any atom is 0.231 e. The maximum absolute atomic E-state index is 6.25. The molecule has 0 radical (unpaired) electrons. The standard InChI is InChI=1S/C19H29N5O2/c20-16-6-7-18(21-11-16)24-10-4-5-15(12-24)19-22-25-14-17(26-19)13-23-8-2-1-3-9-23/h6-7,11,15,17H,1-5,8-10,12-14,20H2. The molecular weight excluding hydrogens is 330 g/mol. The Kier molecular flexibility index (Phi) is 5.43. The van der Waals surface area contributed by atoms with Crippen molar-refractivity contribution >= 4 is 17.4 Å². The number of ether oxygens (including phenoxy) is 1. The Morgan fingerprint density at radius 3 is 2.81 bits per heavy atom. The van der Waals surface area contributed by atoms with Gasteiger partial charge in [-0.1, -0.05) is 11.6 Å². The van der Waals surface area contributed by atoms with Gasteiger partial charge in [-0.25, -0.2) is 4.98 Å². The number of nitrogen functional groups attached to an aromatic ring is 1. The first kappa shape index (κ1) is 17.4. The quantitative estimate of drug-likeness (QED) is 0.887. The largest absolute Gasteiger partial charge is 0.470 e. The van der Waals surface area contributed by atoms with E-state index in [9.17, 15) is 0 Å². The van der Waals surface area contributed by atoms with Gasteiger partial charge in [-0.3, -0.25) is 4.90 Å². The SMILES string of the molecule is Nc1ccc(N2CCCC(C3=NOCC(CN4CCCCC4)O3)C2)nc1. The van der Waals surface area contributed by atoms with Crippen LogP contribution in [0.1, 0.15) is 32.1 Å². The predicted molar refractivity (Wildman–Crippen MR) is 102 cm³/mol. The number of likely N-dealkylation sites (tertiary alicyclic amines) is 1. The summed E-state index contributed by atoms with van der Waals surface area (Å²) in [4.78, 5) is 14.8. The van der Waals surface area contributed by atoms with Crippen molar-refractivity contribution in [2.45, 2.75) is 38.2 Å². The normalized spacial score (nSPS) is 27.4. The van der Waals surface area contributed by atoms with E-state index >= 15 is 0 Å². The smallest absolute Gasteiger partial charge is 0.231 e. The fourth-order valence-electron chi connectivity index (χ4n) is 4.07. The van der Waals surface area contributed by atoms with Crippen LogP contribution in [0.2, 0.25) is 0 Å². The van der Waals surface area contributed by atoms with Crippen LogP contribution in [0.4, 0.5) is 11.5 Å². The van der Waals surface area contributed by atoms with Gasteiger partial charge < -0.3 is 20.2 Å². The molecule has 26 heavy (non-hydrogen) atoms. The summed E-state index contributed by atoms with van der Waals surface area (Å²) >= 11 is 0. The molecule has 0 bridgehead atoms. The summed E-state index contributed by atoms with van der Waals surface area (Å²) in [6.07, 6.45) is 7.90. The molecule has 0 aliphatic carbocycles. The second-order valence-corrected chi connectivity index (χ2v) is 7.56. The molecule has 1 aromatic rings. The molecule has 2 saturated heterocycles. The molecule has 7 nitrogen and oxygen atoms in total. The van der Waals surface area contributed by atoms with Gasteiger partial charge in [0.05, 0.1) is 17.8 Å². The summed E-state index contributed by atoms with van der Waals surface area (Å²) in [5.41, 5.74) is 6.44. The number of rotatable bonds is 4. The van der Waals surface area contributed by atoms with Gasteiger partial charge in [-0.05, 0) is 50.9 Å². The number of aromatic nitrogens is 1. The molecule has 0 spiro atoms. The molecule has 2 unspecified atom stereocenters. The molecule has 142 valence electrons. The highest BCUT2D eigenvalue weighted by atomic mass is 16.7. The summed E-state index contributed by atoms with van der Waals surface area (Å²) in [6.45, 7) is 5.69. The highest BCUT2D eigenvalue weighted by molar-refractivity contribution is 5.79. The highest BCUT2D eigenvalue weighted by Gasteiger charge is 2.31. The molecular formula is C19H29N5O2. The molecule has 7 heteroatoms. The fourth-order valence-corrected chi connectivity index (χ4v) is 4.07. The Labute approximate surface area is 155 Å². The molecule has 0 amide bonds. The topological polar surface area (TPSA) is 76.2 Å². The highest BCUT2D eigenvalue weighted by Crippen LogP contribution is 2.25. The molecule has 2 atom stereocenters. The lowest BCUT2D eigenvalue weighted by Gasteiger charge is -2.36. The van der Waals surface area contributed by atoms with Crippen LogP contribution in [-0.4, -0.2) is 61.2 Å². The summed E-state index contributed by atoms with van der Waals surface area (Å²) in [7, 11) is 0. The van der Waals surface area contributed by atoms with Crippen LogP contribution in [0.5, 0.6) is 0 Å². The molecule has 0 aromatic carbocycles. The zero-order chi connectivity index (χ0) is 17.8. The summed E-state index contributed by atoms with van der Waals surface area (Å²) in [5, 5.41) is 4.25. The lowest BCUT2D eigenvalue weighted by molar-refractivity contribution is -0.0157. The number of hydrogen-bond acceptors (Lipinski definition) is 7. The first-order valence-corrected chi connectivity index (χ1v) is 9.83. The van der Waals surface area contributed by atoms with Crippen molar-refractivity contribution in [3.05, 3.63) is 18.3 Å². The van der Waals surface area contributed by atoms with Crippen molar-refractivity contribution in [1.29, 1.82) is 0 Å². The molecule has 0 saturated carbocycles. The van der Waals surface area contributed by atoms with Crippen LogP contribution in [-0.2, 0) is 9.57 Å². The van der Waals surface area contributed by atoms with Gasteiger partial charge in [0, 0.05) is 19.6 Å². The Balaban J connectivity index is 1.35. The van der Waals surface area contributed by atoms with E-state index in [1.165, 1.54) is 32.4 Å². The number of oxime groups is 1. The van der Waals surface area contributed by atoms with Crippen LogP contribution in [0.15, 0.2) is 23.5 Å². The van der Waals surface area contributed by atoms with Crippen molar-refractivity contribution in [1.82, 2.24) is 9.88 Å². The van der Waals surface area contributed by atoms with E-state index in [4.69, 9.17) is 15.3 Å². The van der Waals surface area contributed by atoms with E-state index in [2.05, 4.69) is 19.9 Å². The van der Waals surface area contributed by atoms with E-state index in [0.29, 0.717) is 12.3 Å². The lowest BCUT2D eigenvalue weighted by atomic mass is 9.97. The second kappa shape index (κ2) is 8.12. The summed E-state index contributed by atoms with van der Waals surface area (Å²) < 4.78 is 6.25. The molecule has 2 N–H and O–H groups in total. The third-order valence-corrected chi connectivity index (χ3v) is 5.48. The minimum atomic E-state index is 0.0885. The molecule has 1 aromatic heterocycles. The first-order valence-electron chi connectivity index (χ1n) is 9.83. The van der Waals surface area contributed by atoms with E-state index in [0.717, 1.165) is 44.2 Å². The van der Waals surface area contributed by atoms with E-state index in [-0.39, 0.29) is 12.0 Å². The van der Waals surface area contributed by atoms with Gasteiger partial charge in [0.15, 0.2) is 6.61 Å². The number of hydrogen-bond donors (Lipinski definition) is 1.